The summed E-state index contributed by atoms with van der Waals surface area (Å²) in [4.78, 5) is 152. The van der Waals surface area contributed by atoms with Crippen molar-refractivity contribution >= 4 is 65.0 Å². The van der Waals surface area contributed by atoms with Crippen LogP contribution in [0.2, 0.25) is 0 Å². The van der Waals surface area contributed by atoms with Crippen molar-refractivity contribution in [3.63, 3.8) is 0 Å². The van der Waals surface area contributed by atoms with Gasteiger partial charge in [-0.25, -0.2) is 0 Å². The molecule has 23 N–H and O–H groups in total. The molecular formula is C51H96N16O13. The predicted octanol–water partition coefficient (Wildman–Crippen LogP) is -6.08. The molecule has 0 unspecified atom stereocenters. The first-order chi connectivity index (χ1) is 37.8. The van der Waals surface area contributed by atoms with Gasteiger partial charge in [-0.05, 0) is 116 Å². The number of rotatable bonds is 28. The lowest BCUT2D eigenvalue weighted by molar-refractivity contribution is -0.137. The van der Waals surface area contributed by atoms with Crippen LogP contribution >= 0.6 is 0 Å². The second-order valence-electron chi connectivity index (χ2n) is 21.0. The van der Waals surface area contributed by atoms with Crippen molar-refractivity contribution in [2.24, 2.45) is 40.5 Å². The standard InChI is InChI=1S/C51H96N16O13/c1-8-9-10-11-12-39(70)58-31(13-19-52)46(75)67-41(30(7)69)51(80)63-34(16-22-55)43(72)62-36-18-24-57-50(79)40(29(6)68)66-47(76)35(17-23-56)60-42(71)32(14-20-53)61-48(77)37(25-27(2)3)65-49(78)38(26-28(4)5)64-44(73)33(15-21-54)59-45(36)74/h27-38,40-41,68-69H,8-26,52-56H2,1-7H3,(H,57,79)(H,58,70)(H,59,74)(H,60,71)(H,61,77)(H,62,72)(H,63,80)(H,64,73)(H,65,78)(H,66,76)(H,67,75)/t29-,30-,31-,32-,33-,34+,35+,36+,37-,38+,40+,41+/m0/s1. The number of aliphatic hydroxyl groups excluding tert-OH is 2. The molecule has 29 heteroatoms. The summed E-state index contributed by atoms with van der Waals surface area (Å²) in [6.45, 7) is 10.5. The van der Waals surface area contributed by atoms with Crippen LogP contribution in [0.25, 0.3) is 0 Å². The summed E-state index contributed by atoms with van der Waals surface area (Å²) in [5, 5.41) is 49.4. The van der Waals surface area contributed by atoms with Crippen LogP contribution in [0.1, 0.15) is 132 Å². The molecule has 1 heterocycles. The highest BCUT2D eigenvalue weighted by Crippen LogP contribution is 2.12. The number of unbranched alkanes of at least 4 members (excludes halogenated alkanes) is 3. The van der Waals surface area contributed by atoms with Crippen molar-refractivity contribution in [1.29, 1.82) is 0 Å². The van der Waals surface area contributed by atoms with Crippen LogP contribution < -0.4 is 87.2 Å². The number of hydrogen-bond donors (Lipinski definition) is 18. The normalized spacial score (nSPS) is 23.3. The van der Waals surface area contributed by atoms with Crippen molar-refractivity contribution in [2.75, 3.05) is 39.3 Å². The maximum atomic E-state index is 14.4. The fourth-order valence-corrected chi connectivity index (χ4v) is 8.49. The first-order valence-corrected chi connectivity index (χ1v) is 28.0. The molecule has 11 amide bonds. The summed E-state index contributed by atoms with van der Waals surface area (Å²) >= 11 is 0. The zero-order valence-corrected chi connectivity index (χ0v) is 47.8. The highest BCUT2D eigenvalue weighted by molar-refractivity contribution is 5.99. The van der Waals surface area contributed by atoms with E-state index in [1.54, 1.807) is 27.7 Å². The molecule has 0 radical (unpaired) electrons. The van der Waals surface area contributed by atoms with Crippen LogP contribution in [0.5, 0.6) is 0 Å². The third-order valence-corrected chi connectivity index (χ3v) is 12.9. The molecule has 0 spiro atoms. The number of carbonyl (C=O) groups is 11. The van der Waals surface area contributed by atoms with Gasteiger partial charge in [0.15, 0.2) is 0 Å². The maximum absolute atomic E-state index is 14.4. The van der Waals surface area contributed by atoms with Crippen molar-refractivity contribution in [1.82, 2.24) is 58.5 Å². The average molecular weight is 1140 g/mol. The number of nitrogens with two attached hydrogens (primary N) is 5. The Morgan fingerprint density at radius 3 is 1.39 bits per heavy atom. The molecule has 80 heavy (non-hydrogen) atoms. The second-order valence-corrected chi connectivity index (χ2v) is 21.0. The summed E-state index contributed by atoms with van der Waals surface area (Å²) in [6.07, 6.45) is -0.806. The van der Waals surface area contributed by atoms with Gasteiger partial charge in [0.25, 0.3) is 0 Å². The van der Waals surface area contributed by atoms with Gasteiger partial charge in [0.2, 0.25) is 65.0 Å². The van der Waals surface area contributed by atoms with Crippen LogP contribution in [-0.2, 0) is 52.7 Å². The van der Waals surface area contributed by atoms with E-state index in [1.165, 1.54) is 13.8 Å². The van der Waals surface area contributed by atoms with E-state index >= 15 is 0 Å². The third-order valence-electron chi connectivity index (χ3n) is 12.9. The highest BCUT2D eigenvalue weighted by Gasteiger charge is 2.37. The number of hydrogen-bond acceptors (Lipinski definition) is 18. The molecule has 1 fully saturated rings. The van der Waals surface area contributed by atoms with Crippen molar-refractivity contribution in [3.05, 3.63) is 0 Å². The van der Waals surface area contributed by atoms with Crippen molar-refractivity contribution in [3.8, 4) is 0 Å². The smallest absolute Gasteiger partial charge is 0.245 e. The van der Waals surface area contributed by atoms with Crippen LogP contribution in [0.3, 0.4) is 0 Å². The topological polar surface area (TPSA) is 491 Å². The number of carbonyl (C=O) groups excluding carboxylic acids is 11. The highest BCUT2D eigenvalue weighted by atomic mass is 16.3. The molecule has 0 saturated carbocycles. The summed E-state index contributed by atoms with van der Waals surface area (Å²) in [7, 11) is 0. The SMILES string of the molecule is CCCCCCC(=O)N[C@@H](CCN)C(=O)N[C@@H](C(=O)N[C@H](CCN)C(=O)N[C@@H]1CCNC(=O)[C@@H]([C@H](C)O)NC(=O)[C@@H](CCN)NC(=O)[C@H](CCN)NC(=O)[C@H](CC(C)C)NC(=O)[C@@H](CC(C)C)NC(=O)[C@H](CCN)NC1=O)[C@H](C)O. The van der Waals surface area contributed by atoms with Gasteiger partial charge < -0.3 is 97.4 Å². The number of nitrogens with one attached hydrogen (secondary N) is 11. The average Bonchev–Trinajstić information content (AvgIpc) is 3.38. The first-order valence-electron chi connectivity index (χ1n) is 28.0. The van der Waals surface area contributed by atoms with Crippen molar-refractivity contribution < 1.29 is 63.0 Å². The number of aliphatic hydroxyl groups is 2. The summed E-state index contributed by atoms with van der Waals surface area (Å²) < 4.78 is 0. The molecule has 0 aromatic heterocycles. The van der Waals surface area contributed by atoms with Crippen LogP contribution in [0.4, 0.5) is 0 Å². The van der Waals surface area contributed by atoms with E-state index in [0.717, 1.165) is 19.3 Å². The number of amides is 11. The zero-order valence-electron chi connectivity index (χ0n) is 47.8. The van der Waals surface area contributed by atoms with Gasteiger partial charge in [-0.3, -0.25) is 52.7 Å². The minimum Gasteiger partial charge on any atom is -0.391 e. The van der Waals surface area contributed by atoms with E-state index in [2.05, 4.69) is 58.5 Å². The Morgan fingerprint density at radius 1 is 0.525 bits per heavy atom. The van der Waals surface area contributed by atoms with Crippen LogP contribution in [0.15, 0.2) is 0 Å². The third kappa shape index (κ3) is 26.4. The lowest BCUT2D eigenvalue weighted by Crippen LogP contribution is -2.62. The van der Waals surface area contributed by atoms with Crippen LogP contribution in [-0.4, -0.2) is 187 Å². The quantitative estimate of drug-likeness (QED) is 0.0324. The van der Waals surface area contributed by atoms with Gasteiger partial charge in [-0.2, -0.15) is 0 Å². The van der Waals surface area contributed by atoms with E-state index in [1.807, 2.05) is 6.92 Å². The Labute approximate surface area is 469 Å². The molecule has 1 aliphatic rings. The van der Waals surface area contributed by atoms with E-state index in [0.29, 0.717) is 6.42 Å². The molecule has 1 saturated heterocycles. The van der Waals surface area contributed by atoms with Crippen LogP contribution in [0, 0.1) is 11.8 Å². The van der Waals surface area contributed by atoms with Gasteiger partial charge in [0.05, 0.1) is 12.2 Å². The molecule has 0 aliphatic carbocycles. The van der Waals surface area contributed by atoms with Gasteiger partial charge in [-0.15, -0.1) is 0 Å². The van der Waals surface area contributed by atoms with E-state index < -0.39 is 151 Å². The van der Waals surface area contributed by atoms with E-state index in [4.69, 9.17) is 28.7 Å². The molecular weight excluding hydrogens is 1040 g/mol. The summed E-state index contributed by atoms with van der Waals surface area (Å²) in [6, 6.07) is -14.5. The van der Waals surface area contributed by atoms with Gasteiger partial charge in [-0.1, -0.05) is 53.9 Å². The zero-order chi connectivity index (χ0) is 60.6. The molecule has 0 bridgehead atoms. The molecule has 1 rings (SSSR count). The Hall–Kier alpha value is -6.11. The van der Waals surface area contributed by atoms with Crippen molar-refractivity contribution in [2.45, 2.75) is 205 Å². The molecule has 29 nitrogen and oxygen atoms in total. The van der Waals surface area contributed by atoms with E-state index in [9.17, 15) is 63.0 Å². The fourth-order valence-electron chi connectivity index (χ4n) is 8.49. The molecule has 0 aromatic carbocycles. The van der Waals surface area contributed by atoms with Gasteiger partial charge >= 0.3 is 0 Å². The maximum Gasteiger partial charge on any atom is 0.245 e. The molecule has 0 aromatic rings. The van der Waals surface area contributed by atoms with Gasteiger partial charge in [0.1, 0.15) is 60.4 Å². The Balaban J connectivity index is 3.85. The second kappa shape index (κ2) is 38.5. The monoisotopic (exact) mass is 1140 g/mol. The Bertz CT molecular complexity index is 2010. The minimum atomic E-state index is -1.69. The largest absolute Gasteiger partial charge is 0.391 e. The minimum absolute atomic E-state index is 0.0110. The predicted molar refractivity (Wildman–Crippen MR) is 296 cm³/mol. The lowest BCUT2D eigenvalue weighted by atomic mass is 9.99. The summed E-state index contributed by atoms with van der Waals surface area (Å²) in [5.74, 6) is -9.99. The summed E-state index contributed by atoms with van der Waals surface area (Å²) in [5.41, 5.74) is 29.2. The molecule has 458 valence electrons. The molecule has 12 atom stereocenters. The Morgan fingerprint density at radius 2 is 0.963 bits per heavy atom. The molecule has 1 aliphatic heterocycles. The Kier molecular flexibility index (Phi) is 34.6. The van der Waals surface area contributed by atoms with Gasteiger partial charge in [0, 0.05) is 13.0 Å². The fraction of sp³-hybridized carbons (Fsp3) is 0.784. The lowest BCUT2D eigenvalue weighted by Gasteiger charge is -2.29. The van der Waals surface area contributed by atoms with E-state index in [-0.39, 0.29) is 95.9 Å². The first kappa shape index (κ1) is 71.9.